The van der Waals surface area contributed by atoms with Crippen LogP contribution in [0.5, 0.6) is 0 Å². The van der Waals surface area contributed by atoms with E-state index in [9.17, 15) is 14.3 Å². The topological polar surface area (TPSA) is 70.4 Å². The van der Waals surface area contributed by atoms with Gasteiger partial charge >= 0.3 is 5.97 Å². The first-order chi connectivity index (χ1) is 14.1. The van der Waals surface area contributed by atoms with Crippen molar-refractivity contribution in [1.82, 2.24) is 4.90 Å². The van der Waals surface area contributed by atoms with Gasteiger partial charge in [-0.05, 0) is 43.2 Å². The highest BCUT2D eigenvalue weighted by atomic mass is 32.2. The predicted octanol–water partition coefficient (Wildman–Crippen LogP) is 3.58. The molecule has 6 heteroatoms. The molecule has 0 amide bonds. The van der Waals surface area contributed by atoms with Crippen LogP contribution in [0.3, 0.4) is 0 Å². The zero-order chi connectivity index (χ0) is 20.5. The minimum atomic E-state index is -1.54. The maximum absolute atomic E-state index is 13.6. The van der Waals surface area contributed by atoms with Gasteiger partial charge in [0, 0.05) is 11.1 Å². The Hall–Kier alpha value is -2.91. The van der Waals surface area contributed by atoms with Gasteiger partial charge in [-0.15, -0.1) is 0 Å². The van der Waals surface area contributed by atoms with Gasteiger partial charge in [0.2, 0.25) is 0 Å². The monoisotopic (exact) mass is 406 g/mol. The normalized spacial score (nSPS) is 25.6. The predicted molar refractivity (Wildman–Crippen MR) is 111 cm³/mol. The highest BCUT2D eigenvalue weighted by molar-refractivity contribution is 7.85. The number of esters is 1. The van der Waals surface area contributed by atoms with Gasteiger partial charge in [0.1, 0.15) is 6.04 Å². The second-order valence-corrected chi connectivity index (χ2v) is 8.87. The molecule has 5 atom stereocenters. The van der Waals surface area contributed by atoms with Crippen LogP contribution in [0.15, 0.2) is 59.6 Å². The van der Waals surface area contributed by atoms with Crippen LogP contribution in [-0.2, 0) is 20.3 Å². The summed E-state index contributed by atoms with van der Waals surface area (Å²) < 4.78 is 18.9. The van der Waals surface area contributed by atoms with Gasteiger partial charge in [0.15, 0.2) is 0 Å². The fourth-order valence-corrected chi connectivity index (χ4v) is 5.93. The van der Waals surface area contributed by atoms with Crippen molar-refractivity contribution >= 4 is 22.8 Å². The van der Waals surface area contributed by atoms with E-state index in [1.807, 2.05) is 72.6 Å². The lowest BCUT2D eigenvalue weighted by atomic mass is 9.89. The van der Waals surface area contributed by atoms with Crippen molar-refractivity contribution < 1.29 is 13.7 Å². The summed E-state index contributed by atoms with van der Waals surface area (Å²) in [6, 6.07) is 16.5. The molecule has 0 saturated carbocycles. The zero-order valence-electron chi connectivity index (χ0n) is 16.3. The molecule has 4 rings (SSSR count). The molecule has 2 aliphatic heterocycles. The molecule has 148 valence electrons. The van der Waals surface area contributed by atoms with Crippen molar-refractivity contribution in [2.24, 2.45) is 5.92 Å². The van der Waals surface area contributed by atoms with Crippen LogP contribution >= 0.6 is 0 Å². The third-order valence-electron chi connectivity index (χ3n) is 5.57. The maximum Gasteiger partial charge on any atom is 0.330 e. The van der Waals surface area contributed by atoms with Gasteiger partial charge in [0.25, 0.3) is 0 Å². The van der Waals surface area contributed by atoms with Crippen LogP contribution in [0.4, 0.5) is 0 Å². The summed E-state index contributed by atoms with van der Waals surface area (Å²) in [7, 11) is -1.54. The van der Waals surface area contributed by atoms with Crippen molar-refractivity contribution in [1.29, 1.82) is 5.26 Å². The summed E-state index contributed by atoms with van der Waals surface area (Å²) in [5.41, 5.74) is 3.04. The molecule has 1 fully saturated rings. The van der Waals surface area contributed by atoms with Gasteiger partial charge in [-0.2, -0.15) is 5.26 Å². The van der Waals surface area contributed by atoms with E-state index in [4.69, 9.17) is 4.74 Å². The molecule has 0 N–H and O–H groups in total. The first-order valence-corrected chi connectivity index (χ1v) is 10.9. The molecule has 2 aromatic rings. The number of rotatable bonds is 4. The molecular weight excluding hydrogens is 384 g/mol. The Kier molecular flexibility index (Phi) is 5.25. The Morgan fingerprint density at radius 1 is 1.21 bits per heavy atom. The van der Waals surface area contributed by atoms with Gasteiger partial charge in [-0.1, -0.05) is 42.0 Å². The Labute approximate surface area is 173 Å². The smallest absolute Gasteiger partial charge is 0.330 e. The van der Waals surface area contributed by atoms with E-state index in [1.54, 1.807) is 6.92 Å². The first-order valence-electron chi connectivity index (χ1n) is 9.65. The molecule has 29 heavy (non-hydrogen) atoms. The zero-order valence-corrected chi connectivity index (χ0v) is 17.1. The number of nitrogens with zero attached hydrogens (tertiary/aromatic N) is 2. The molecule has 0 aliphatic carbocycles. The van der Waals surface area contributed by atoms with Crippen LogP contribution in [0.2, 0.25) is 0 Å². The Bertz CT molecular complexity index is 1030. The van der Waals surface area contributed by atoms with Crippen LogP contribution in [-0.4, -0.2) is 33.0 Å². The maximum atomic E-state index is 13.6. The number of nitriles is 1. The highest BCUT2D eigenvalue weighted by Gasteiger charge is 2.56. The molecule has 0 radical (unpaired) electrons. The van der Waals surface area contributed by atoms with Gasteiger partial charge < -0.3 is 9.64 Å². The molecule has 5 nitrogen and oxygen atoms in total. The van der Waals surface area contributed by atoms with E-state index in [2.05, 4.69) is 6.07 Å². The summed E-state index contributed by atoms with van der Waals surface area (Å²) in [4.78, 5) is 15.4. The summed E-state index contributed by atoms with van der Waals surface area (Å²) in [5.74, 6) is -1.05. The Morgan fingerprint density at radius 3 is 2.62 bits per heavy atom. The number of hydrogen-bond donors (Lipinski definition) is 0. The van der Waals surface area contributed by atoms with E-state index >= 15 is 0 Å². The molecular formula is C23H22N2O3S. The van der Waals surface area contributed by atoms with Gasteiger partial charge in [-0.25, -0.2) is 4.79 Å². The second-order valence-electron chi connectivity index (χ2n) is 7.26. The average molecular weight is 407 g/mol. The van der Waals surface area contributed by atoms with E-state index < -0.39 is 34.0 Å². The van der Waals surface area contributed by atoms with Gasteiger partial charge in [0.05, 0.1) is 40.7 Å². The Morgan fingerprint density at radius 2 is 1.93 bits per heavy atom. The largest absolute Gasteiger partial charge is 0.464 e. The molecule has 1 saturated heterocycles. The minimum Gasteiger partial charge on any atom is -0.464 e. The van der Waals surface area contributed by atoms with Crippen molar-refractivity contribution in [2.45, 2.75) is 36.1 Å². The fraction of sp³-hybridized carbons (Fsp3) is 0.304. The third kappa shape index (κ3) is 3.26. The number of fused-ring (bicyclic) bond motifs is 3. The summed E-state index contributed by atoms with van der Waals surface area (Å²) >= 11 is 0. The molecule has 2 aromatic carbocycles. The summed E-state index contributed by atoms with van der Waals surface area (Å²) in [6.07, 6.45) is 3.77. The number of carbonyl (C=O) groups excluding carboxylic acids is 1. The summed E-state index contributed by atoms with van der Waals surface area (Å²) in [5, 5.41) is 9.39. The third-order valence-corrected chi connectivity index (χ3v) is 7.35. The van der Waals surface area contributed by atoms with Gasteiger partial charge in [-0.3, -0.25) is 4.21 Å². The number of carbonyl (C=O) groups is 1. The number of aryl methyl sites for hydroxylation is 1. The van der Waals surface area contributed by atoms with Crippen molar-refractivity contribution in [3.05, 3.63) is 71.4 Å². The molecule has 0 spiro atoms. The first kappa shape index (κ1) is 19.4. The molecule has 0 bridgehead atoms. The molecule has 2 aliphatic rings. The van der Waals surface area contributed by atoms with E-state index in [1.165, 1.54) is 0 Å². The van der Waals surface area contributed by atoms with Crippen LogP contribution in [0.25, 0.3) is 6.08 Å². The highest BCUT2D eigenvalue weighted by Crippen LogP contribution is 2.48. The number of hydrogen-bond acceptors (Lipinski definition) is 5. The second kappa shape index (κ2) is 7.84. The number of benzene rings is 2. The van der Waals surface area contributed by atoms with Crippen molar-refractivity contribution in [2.75, 3.05) is 6.61 Å². The molecule has 0 unspecified atom stereocenters. The lowest BCUT2D eigenvalue weighted by Gasteiger charge is -2.32. The molecule has 0 aromatic heterocycles. The quantitative estimate of drug-likeness (QED) is 0.726. The lowest BCUT2D eigenvalue weighted by molar-refractivity contribution is -0.147. The molecule has 2 heterocycles. The lowest BCUT2D eigenvalue weighted by Crippen LogP contribution is -2.43. The Balaban J connectivity index is 1.83. The standard InChI is InChI=1S/C23H22N2O3S/c1-3-28-23(26)21-22(29(27)17-10-8-15(2)9-11-17)19(14-24)20-18-7-5-4-6-16(18)12-13-25(20)21/h4-13,19-22H,3H2,1-2H3/t19-,20+,21-,22-,29+/m1/s1. The SMILES string of the molecule is CCOC(=O)[C@H]1[C@H]([S@@](=O)c2ccc(C)cc2)[C@H](C#N)[C@@H]2c3ccccc3C=CN12. The van der Waals surface area contributed by atoms with Crippen LogP contribution in [0, 0.1) is 24.2 Å². The van der Waals surface area contributed by atoms with Crippen LogP contribution in [0.1, 0.15) is 29.7 Å². The van der Waals surface area contributed by atoms with E-state index in [0.29, 0.717) is 4.90 Å². The minimum absolute atomic E-state index is 0.231. The average Bonchev–Trinajstić information content (AvgIpc) is 3.08. The van der Waals surface area contributed by atoms with Crippen molar-refractivity contribution in [3.63, 3.8) is 0 Å². The fourth-order valence-electron chi connectivity index (χ4n) is 4.25. The van der Waals surface area contributed by atoms with Crippen LogP contribution < -0.4 is 0 Å². The summed E-state index contributed by atoms with van der Waals surface area (Å²) in [6.45, 7) is 3.94. The van der Waals surface area contributed by atoms with E-state index in [-0.39, 0.29) is 12.6 Å². The number of ether oxygens (including phenoxy) is 1. The van der Waals surface area contributed by atoms with E-state index in [0.717, 1.165) is 16.7 Å². The van der Waals surface area contributed by atoms with Crippen molar-refractivity contribution in [3.8, 4) is 6.07 Å².